The second kappa shape index (κ2) is 9.98. The molecule has 1 aliphatic heterocycles. The highest BCUT2D eigenvalue weighted by Crippen LogP contribution is 2.32. The minimum atomic E-state index is -0.456. The van der Waals surface area contributed by atoms with Crippen LogP contribution in [0.15, 0.2) is 58.4 Å². The first-order chi connectivity index (χ1) is 14.4. The van der Waals surface area contributed by atoms with Crippen LogP contribution in [0.5, 0.6) is 11.5 Å². The van der Waals surface area contributed by atoms with E-state index >= 15 is 0 Å². The van der Waals surface area contributed by atoms with Crippen molar-refractivity contribution >= 4 is 40.6 Å². The maximum atomic E-state index is 12.3. The Balaban J connectivity index is 1.71. The first-order valence-electron chi connectivity index (χ1n) is 9.29. The summed E-state index contributed by atoms with van der Waals surface area (Å²) in [4.78, 5) is 28.9. The third kappa shape index (κ3) is 5.87. The highest BCUT2D eigenvalue weighted by Gasteiger charge is 2.24. The van der Waals surface area contributed by atoms with Crippen molar-refractivity contribution < 1.29 is 23.8 Å². The lowest BCUT2D eigenvalue weighted by Gasteiger charge is -2.12. The number of amides is 1. The number of carbonyl (C=O) groups is 2. The zero-order chi connectivity index (χ0) is 21.5. The number of amidine groups is 1. The van der Waals surface area contributed by atoms with Crippen molar-refractivity contribution in [1.82, 2.24) is 5.32 Å². The molecule has 1 fully saturated rings. The Morgan fingerprint density at radius 1 is 1.17 bits per heavy atom. The lowest BCUT2D eigenvalue weighted by Crippen LogP contribution is -2.19. The molecular formula is C22H22N2O5S. The molecule has 1 heterocycles. The van der Waals surface area contributed by atoms with Crippen LogP contribution < -0.4 is 14.8 Å². The van der Waals surface area contributed by atoms with Gasteiger partial charge in [0.2, 0.25) is 0 Å². The minimum absolute atomic E-state index is 0.206. The number of rotatable bonds is 7. The van der Waals surface area contributed by atoms with E-state index in [0.29, 0.717) is 21.6 Å². The average Bonchev–Trinajstić information content (AvgIpc) is 3.05. The molecule has 156 valence electrons. The molecule has 0 radical (unpaired) electrons. The number of nitrogens with zero attached hydrogens (tertiary/aromatic N) is 1. The number of ether oxygens (including phenoxy) is 3. The molecule has 0 aliphatic carbocycles. The zero-order valence-electron chi connectivity index (χ0n) is 16.9. The van der Waals surface area contributed by atoms with Crippen molar-refractivity contribution in [2.75, 3.05) is 13.7 Å². The van der Waals surface area contributed by atoms with Gasteiger partial charge in [0.15, 0.2) is 23.3 Å². The maximum absolute atomic E-state index is 12.3. The summed E-state index contributed by atoms with van der Waals surface area (Å²) in [5, 5.41) is 3.28. The third-order valence-electron chi connectivity index (χ3n) is 3.84. The Labute approximate surface area is 179 Å². The molecule has 1 aliphatic rings. The van der Waals surface area contributed by atoms with Gasteiger partial charge in [0.1, 0.15) is 0 Å². The summed E-state index contributed by atoms with van der Waals surface area (Å²) in [6.07, 6.45) is 1.54. The average molecular weight is 426 g/mol. The van der Waals surface area contributed by atoms with Gasteiger partial charge >= 0.3 is 5.97 Å². The van der Waals surface area contributed by atoms with Gasteiger partial charge in [-0.05, 0) is 61.5 Å². The van der Waals surface area contributed by atoms with Crippen molar-refractivity contribution in [3.05, 3.63) is 59.0 Å². The number of aliphatic imine (C=N–C) groups is 1. The molecule has 30 heavy (non-hydrogen) atoms. The van der Waals surface area contributed by atoms with Gasteiger partial charge in [0.05, 0.1) is 23.8 Å². The summed E-state index contributed by atoms with van der Waals surface area (Å²) in [5.41, 5.74) is 1.52. The van der Waals surface area contributed by atoms with Crippen LogP contribution in [0.1, 0.15) is 19.4 Å². The third-order valence-corrected chi connectivity index (χ3v) is 4.75. The fraction of sp³-hybridized carbons (Fsp3) is 0.227. The molecule has 1 N–H and O–H groups in total. The van der Waals surface area contributed by atoms with Crippen LogP contribution in [0.2, 0.25) is 0 Å². The van der Waals surface area contributed by atoms with Crippen LogP contribution in [-0.4, -0.2) is 36.9 Å². The zero-order valence-corrected chi connectivity index (χ0v) is 17.7. The number of benzene rings is 2. The number of para-hydroxylation sites is 1. The monoisotopic (exact) mass is 426 g/mol. The van der Waals surface area contributed by atoms with Gasteiger partial charge in [0.25, 0.3) is 5.91 Å². The summed E-state index contributed by atoms with van der Waals surface area (Å²) in [6, 6.07) is 14.6. The molecule has 1 amide bonds. The first kappa shape index (κ1) is 21.4. The van der Waals surface area contributed by atoms with E-state index in [1.807, 2.05) is 30.3 Å². The lowest BCUT2D eigenvalue weighted by molar-refractivity contribution is -0.149. The Morgan fingerprint density at radius 2 is 1.93 bits per heavy atom. The van der Waals surface area contributed by atoms with Gasteiger partial charge in [-0.3, -0.25) is 4.79 Å². The molecular weight excluding hydrogens is 404 g/mol. The Kier molecular flexibility index (Phi) is 7.13. The Hall–Kier alpha value is -3.26. The molecule has 0 unspecified atom stereocenters. The SMILES string of the molecule is COc1cc(/C=C2/SC(=Nc3ccccc3)NC2=O)ccc1OCC(=O)OC(C)C. The number of methoxy groups -OCH3 is 1. The summed E-state index contributed by atoms with van der Waals surface area (Å²) < 4.78 is 15.9. The van der Waals surface area contributed by atoms with Crippen molar-refractivity contribution in [2.45, 2.75) is 20.0 Å². The Bertz CT molecular complexity index is 986. The topological polar surface area (TPSA) is 86.2 Å². The van der Waals surface area contributed by atoms with E-state index in [-0.39, 0.29) is 18.6 Å². The van der Waals surface area contributed by atoms with Gasteiger partial charge in [-0.2, -0.15) is 0 Å². The Morgan fingerprint density at radius 3 is 2.63 bits per heavy atom. The first-order valence-corrected chi connectivity index (χ1v) is 10.1. The quantitative estimate of drug-likeness (QED) is 0.534. The smallest absolute Gasteiger partial charge is 0.344 e. The number of nitrogens with one attached hydrogen (secondary N) is 1. The molecule has 3 rings (SSSR count). The van der Waals surface area contributed by atoms with E-state index in [2.05, 4.69) is 10.3 Å². The van der Waals surface area contributed by atoms with Crippen LogP contribution in [0, 0.1) is 0 Å². The van der Waals surface area contributed by atoms with E-state index in [1.54, 1.807) is 38.1 Å². The molecule has 0 spiro atoms. The van der Waals surface area contributed by atoms with E-state index in [4.69, 9.17) is 14.2 Å². The van der Waals surface area contributed by atoms with E-state index in [0.717, 1.165) is 11.3 Å². The van der Waals surface area contributed by atoms with Crippen LogP contribution in [0.4, 0.5) is 5.69 Å². The van der Waals surface area contributed by atoms with Gasteiger partial charge in [-0.15, -0.1) is 0 Å². The summed E-state index contributed by atoms with van der Waals surface area (Å²) >= 11 is 1.26. The summed E-state index contributed by atoms with van der Waals surface area (Å²) in [7, 11) is 1.51. The number of esters is 1. The fourth-order valence-corrected chi connectivity index (χ4v) is 3.42. The van der Waals surface area contributed by atoms with Gasteiger partial charge in [0, 0.05) is 0 Å². The molecule has 0 aromatic heterocycles. The lowest BCUT2D eigenvalue weighted by atomic mass is 10.2. The van der Waals surface area contributed by atoms with Crippen LogP contribution in [0.3, 0.4) is 0 Å². The van der Waals surface area contributed by atoms with E-state index in [1.165, 1.54) is 18.9 Å². The highest BCUT2D eigenvalue weighted by atomic mass is 32.2. The van der Waals surface area contributed by atoms with Crippen molar-refractivity contribution in [1.29, 1.82) is 0 Å². The standard InChI is InChI=1S/C22H22N2O5S/c1-14(2)29-20(25)13-28-17-10-9-15(11-18(17)27-3)12-19-21(26)24-22(30-19)23-16-7-5-4-6-8-16/h4-12,14H,13H2,1-3H3,(H,23,24,26)/b19-12+. The molecule has 0 saturated carbocycles. The highest BCUT2D eigenvalue weighted by molar-refractivity contribution is 8.18. The maximum Gasteiger partial charge on any atom is 0.344 e. The molecule has 7 nitrogen and oxygen atoms in total. The van der Waals surface area contributed by atoms with Crippen molar-refractivity contribution in [3.63, 3.8) is 0 Å². The summed E-state index contributed by atoms with van der Waals surface area (Å²) in [6.45, 7) is 3.33. The number of carbonyl (C=O) groups excluding carboxylic acids is 2. The van der Waals surface area contributed by atoms with Gasteiger partial charge in [-0.25, -0.2) is 9.79 Å². The molecule has 0 atom stereocenters. The predicted molar refractivity (Wildman–Crippen MR) is 117 cm³/mol. The number of thioether (sulfide) groups is 1. The molecule has 2 aromatic carbocycles. The van der Waals surface area contributed by atoms with E-state index in [9.17, 15) is 9.59 Å². The normalized spacial score (nSPS) is 16.1. The van der Waals surface area contributed by atoms with Gasteiger partial charge in [-0.1, -0.05) is 24.3 Å². The van der Waals surface area contributed by atoms with E-state index < -0.39 is 5.97 Å². The van der Waals surface area contributed by atoms with Gasteiger partial charge < -0.3 is 19.5 Å². The second-order valence-electron chi connectivity index (χ2n) is 6.55. The minimum Gasteiger partial charge on any atom is -0.493 e. The molecule has 1 saturated heterocycles. The fourth-order valence-electron chi connectivity index (χ4n) is 2.58. The molecule has 8 heteroatoms. The van der Waals surface area contributed by atoms with Crippen molar-refractivity contribution in [2.24, 2.45) is 4.99 Å². The predicted octanol–water partition coefficient (Wildman–Crippen LogP) is 3.92. The second-order valence-corrected chi connectivity index (χ2v) is 7.59. The number of hydrogen-bond donors (Lipinski definition) is 1. The number of hydrogen-bond acceptors (Lipinski definition) is 7. The molecule has 2 aromatic rings. The summed E-state index contributed by atoms with van der Waals surface area (Å²) in [5.74, 6) is 0.186. The molecule has 0 bridgehead atoms. The van der Waals surface area contributed by atoms with Crippen LogP contribution in [0.25, 0.3) is 6.08 Å². The van der Waals surface area contributed by atoms with Crippen molar-refractivity contribution in [3.8, 4) is 11.5 Å². The van der Waals surface area contributed by atoms with Crippen LogP contribution in [-0.2, 0) is 14.3 Å². The largest absolute Gasteiger partial charge is 0.493 e. The van der Waals surface area contributed by atoms with Crippen LogP contribution >= 0.6 is 11.8 Å².